The van der Waals surface area contributed by atoms with Crippen molar-refractivity contribution in [2.75, 3.05) is 12.3 Å². The number of fused-ring (bicyclic) bond motifs is 1. The Morgan fingerprint density at radius 1 is 1.32 bits per heavy atom. The van der Waals surface area contributed by atoms with E-state index in [-0.39, 0.29) is 41.7 Å². The number of rotatable bonds is 4. The van der Waals surface area contributed by atoms with Gasteiger partial charge in [-0.3, -0.25) is 4.79 Å². The second kappa shape index (κ2) is 8.41. The molecule has 0 radical (unpaired) electrons. The van der Waals surface area contributed by atoms with Crippen LogP contribution in [-0.2, 0) is 11.2 Å². The van der Waals surface area contributed by atoms with Crippen molar-refractivity contribution in [1.82, 2.24) is 5.32 Å². The molecule has 0 spiro atoms. The third kappa shape index (κ3) is 4.77. The normalized spacial score (nSPS) is 15.7. The molecule has 2 aromatic carbocycles. The number of hydrogen-bond donors (Lipinski definition) is 2. The van der Waals surface area contributed by atoms with Crippen molar-refractivity contribution in [3.63, 3.8) is 0 Å². The van der Waals surface area contributed by atoms with Gasteiger partial charge in [0, 0.05) is 5.69 Å². The van der Waals surface area contributed by atoms with Crippen LogP contribution in [0.5, 0.6) is 5.75 Å². The average molecular weight is 385 g/mol. The Kier molecular flexibility index (Phi) is 6.51. The van der Waals surface area contributed by atoms with E-state index in [2.05, 4.69) is 5.32 Å². The molecule has 7 heteroatoms. The van der Waals surface area contributed by atoms with Gasteiger partial charge in [0.15, 0.2) is 6.61 Å². The summed E-state index contributed by atoms with van der Waals surface area (Å²) in [6, 6.07) is 9.52. The fourth-order valence-electron chi connectivity index (χ4n) is 2.96. The monoisotopic (exact) mass is 384 g/mol. The molecule has 4 nitrogen and oxygen atoms in total. The largest absolute Gasteiger partial charge is 0.482 e. The third-order valence-corrected chi connectivity index (χ3v) is 4.36. The van der Waals surface area contributed by atoms with E-state index in [1.165, 1.54) is 17.7 Å². The quantitative estimate of drug-likeness (QED) is 0.781. The van der Waals surface area contributed by atoms with Crippen LogP contribution >= 0.6 is 24.0 Å². The molecule has 1 amide bonds. The van der Waals surface area contributed by atoms with Crippen molar-refractivity contribution < 1.29 is 13.9 Å². The van der Waals surface area contributed by atoms with E-state index in [1.807, 2.05) is 18.2 Å². The number of nitrogens with one attached hydrogen (secondary N) is 1. The number of ether oxygens (including phenoxy) is 1. The first-order valence-corrected chi connectivity index (χ1v) is 8.16. The van der Waals surface area contributed by atoms with Crippen LogP contribution in [0, 0.1) is 5.82 Å². The van der Waals surface area contributed by atoms with Crippen LogP contribution in [0.1, 0.15) is 30.0 Å². The molecule has 1 aliphatic rings. The predicted octanol–water partition coefficient (Wildman–Crippen LogP) is 4.06. The van der Waals surface area contributed by atoms with E-state index in [1.54, 1.807) is 0 Å². The van der Waals surface area contributed by atoms with Crippen molar-refractivity contribution in [3.05, 3.63) is 58.4 Å². The lowest BCUT2D eigenvalue weighted by atomic mass is 9.87. The summed E-state index contributed by atoms with van der Waals surface area (Å²) in [6.45, 7) is -0.174. The molecule has 134 valence electrons. The highest BCUT2D eigenvalue weighted by atomic mass is 35.5. The minimum Gasteiger partial charge on any atom is -0.482 e. The molecule has 1 atom stereocenters. The highest BCUT2D eigenvalue weighted by Crippen LogP contribution is 2.31. The highest BCUT2D eigenvalue weighted by Gasteiger charge is 2.22. The summed E-state index contributed by atoms with van der Waals surface area (Å²) in [5, 5.41) is 3.11. The highest BCUT2D eigenvalue weighted by molar-refractivity contribution is 6.32. The number of nitrogen functional groups attached to an aromatic ring is 1. The minimum atomic E-state index is -0.449. The smallest absolute Gasteiger partial charge is 0.258 e. The lowest BCUT2D eigenvalue weighted by molar-refractivity contribution is -0.123. The van der Waals surface area contributed by atoms with E-state index >= 15 is 0 Å². The molecule has 3 rings (SSSR count). The van der Waals surface area contributed by atoms with Crippen LogP contribution in [0.15, 0.2) is 36.4 Å². The number of anilines is 1. The van der Waals surface area contributed by atoms with Crippen LogP contribution in [0.2, 0.25) is 5.02 Å². The van der Waals surface area contributed by atoms with Gasteiger partial charge < -0.3 is 15.8 Å². The number of hydrogen-bond acceptors (Lipinski definition) is 3. The van der Waals surface area contributed by atoms with Gasteiger partial charge in [0.05, 0.1) is 11.1 Å². The number of nitrogens with two attached hydrogens (primary N) is 1. The van der Waals surface area contributed by atoms with E-state index in [0.29, 0.717) is 0 Å². The van der Waals surface area contributed by atoms with E-state index < -0.39 is 5.82 Å². The summed E-state index contributed by atoms with van der Waals surface area (Å²) in [7, 11) is 0. The van der Waals surface area contributed by atoms with Crippen molar-refractivity contribution >= 4 is 35.6 Å². The number of halogens is 3. The molecule has 25 heavy (non-hydrogen) atoms. The summed E-state index contributed by atoms with van der Waals surface area (Å²) in [5.74, 6) is -0.412. The lowest BCUT2D eigenvalue weighted by Gasteiger charge is -2.26. The van der Waals surface area contributed by atoms with Crippen LogP contribution in [0.4, 0.5) is 10.1 Å². The van der Waals surface area contributed by atoms with Crippen LogP contribution in [0.25, 0.3) is 0 Å². The Labute approximate surface area is 156 Å². The fourth-order valence-corrected chi connectivity index (χ4v) is 3.18. The van der Waals surface area contributed by atoms with Gasteiger partial charge in [0.2, 0.25) is 0 Å². The predicted molar refractivity (Wildman–Crippen MR) is 98.8 cm³/mol. The van der Waals surface area contributed by atoms with Crippen molar-refractivity contribution in [1.29, 1.82) is 0 Å². The molecule has 1 aliphatic carbocycles. The second-order valence-electron chi connectivity index (χ2n) is 5.83. The molecule has 0 aromatic heterocycles. The van der Waals surface area contributed by atoms with Crippen LogP contribution in [-0.4, -0.2) is 12.5 Å². The Bertz CT molecular complexity index is 771. The maximum atomic E-state index is 13.0. The summed E-state index contributed by atoms with van der Waals surface area (Å²) >= 11 is 5.88. The van der Waals surface area contributed by atoms with Crippen molar-refractivity contribution in [3.8, 4) is 5.75 Å². The number of aryl methyl sites for hydroxylation is 1. The zero-order chi connectivity index (χ0) is 17.1. The first-order chi connectivity index (χ1) is 11.5. The molecular formula is C18H19Cl2FN2O2. The molecule has 0 aliphatic heterocycles. The third-order valence-electron chi connectivity index (χ3n) is 4.07. The van der Waals surface area contributed by atoms with Gasteiger partial charge in [-0.2, -0.15) is 0 Å². The Morgan fingerprint density at radius 2 is 2.12 bits per heavy atom. The van der Waals surface area contributed by atoms with Gasteiger partial charge in [0.1, 0.15) is 11.6 Å². The first-order valence-electron chi connectivity index (χ1n) is 7.78. The number of benzene rings is 2. The fraction of sp³-hybridized carbons (Fsp3) is 0.278. The maximum Gasteiger partial charge on any atom is 0.258 e. The Balaban J connectivity index is 0.00000225. The summed E-state index contributed by atoms with van der Waals surface area (Å²) in [5.41, 5.74) is 8.83. The number of amides is 1. The Morgan fingerprint density at radius 3 is 2.88 bits per heavy atom. The second-order valence-corrected chi connectivity index (χ2v) is 6.24. The average Bonchev–Trinajstić information content (AvgIpc) is 2.54. The molecule has 1 unspecified atom stereocenters. The van der Waals surface area contributed by atoms with E-state index in [9.17, 15) is 9.18 Å². The zero-order valence-electron chi connectivity index (χ0n) is 13.4. The molecule has 0 fully saturated rings. The van der Waals surface area contributed by atoms with E-state index in [4.69, 9.17) is 22.1 Å². The van der Waals surface area contributed by atoms with Gasteiger partial charge in [-0.05, 0) is 60.7 Å². The topological polar surface area (TPSA) is 64.3 Å². The Hall–Kier alpha value is -1.98. The van der Waals surface area contributed by atoms with Crippen LogP contribution in [0.3, 0.4) is 0 Å². The minimum absolute atomic E-state index is 0. The number of carbonyl (C=O) groups excluding carboxylic acids is 1. The van der Waals surface area contributed by atoms with Gasteiger partial charge >= 0.3 is 0 Å². The van der Waals surface area contributed by atoms with Gasteiger partial charge in [-0.25, -0.2) is 4.39 Å². The zero-order valence-corrected chi connectivity index (χ0v) is 15.0. The SMILES string of the molecule is Cl.Nc1ccc2c(c1)CCCC2NC(=O)COc1ccc(F)cc1Cl. The van der Waals surface area contributed by atoms with Gasteiger partial charge in [-0.15, -0.1) is 12.4 Å². The number of carbonyl (C=O) groups is 1. The van der Waals surface area contributed by atoms with E-state index in [0.717, 1.165) is 36.6 Å². The summed E-state index contributed by atoms with van der Waals surface area (Å²) < 4.78 is 18.4. The molecule has 2 aromatic rings. The summed E-state index contributed by atoms with van der Waals surface area (Å²) in [6.07, 6.45) is 2.83. The molecule has 0 heterocycles. The first kappa shape index (κ1) is 19.3. The standard InChI is InChI=1S/C18H18ClFN2O2.ClH/c19-15-9-12(20)4-7-17(15)24-10-18(23)22-16-3-1-2-11-8-13(21)5-6-14(11)16;/h4-9,16H,1-3,10,21H2,(H,22,23);1H. The molecule has 3 N–H and O–H groups in total. The van der Waals surface area contributed by atoms with Crippen LogP contribution < -0.4 is 15.8 Å². The van der Waals surface area contributed by atoms with Crippen molar-refractivity contribution in [2.24, 2.45) is 0 Å². The van der Waals surface area contributed by atoms with Crippen molar-refractivity contribution in [2.45, 2.75) is 25.3 Å². The molecule has 0 saturated carbocycles. The molecule has 0 bridgehead atoms. The summed E-state index contributed by atoms with van der Waals surface area (Å²) in [4.78, 5) is 12.2. The van der Waals surface area contributed by atoms with Gasteiger partial charge in [0.25, 0.3) is 5.91 Å². The van der Waals surface area contributed by atoms with Gasteiger partial charge in [-0.1, -0.05) is 17.7 Å². The maximum absolute atomic E-state index is 13.0. The molecular weight excluding hydrogens is 366 g/mol. The molecule has 0 saturated heterocycles. The lowest BCUT2D eigenvalue weighted by Crippen LogP contribution is -2.34.